The third-order valence-electron chi connectivity index (χ3n) is 3.19. The van der Waals surface area contributed by atoms with Crippen LogP contribution in [0.2, 0.25) is 0 Å². The Labute approximate surface area is 142 Å². The Morgan fingerprint density at radius 1 is 0.400 bits per heavy atom. The fourth-order valence-corrected chi connectivity index (χ4v) is 7.72. The summed E-state index contributed by atoms with van der Waals surface area (Å²) >= 11 is -1.63. The van der Waals surface area contributed by atoms with E-state index in [-0.39, 0.29) is 24.0 Å². The number of halogens is 1. The standard InChI is InChI=1S/C18H15Ge.HI/c1-4-10-16(11-5-1)19(17-12-6-2-7-13-17)18-14-8-3-9-15-18;/h1-15H;1H. The number of hydrogen-bond donors (Lipinski definition) is 0. The van der Waals surface area contributed by atoms with Crippen molar-refractivity contribution in [3.05, 3.63) is 91.0 Å². The third kappa shape index (κ3) is 3.52. The fourth-order valence-electron chi connectivity index (χ4n) is 2.31. The average molecular weight is 432 g/mol. The Morgan fingerprint density at radius 2 is 0.650 bits per heavy atom. The van der Waals surface area contributed by atoms with Crippen molar-refractivity contribution < 1.29 is 0 Å². The van der Waals surface area contributed by atoms with Crippen LogP contribution in [0.1, 0.15) is 0 Å². The predicted octanol–water partition coefficient (Wildman–Crippen LogP) is 2.82. The summed E-state index contributed by atoms with van der Waals surface area (Å²) in [4.78, 5) is 0. The number of rotatable bonds is 3. The second kappa shape index (κ2) is 7.65. The third-order valence-corrected chi connectivity index (χ3v) is 8.92. The van der Waals surface area contributed by atoms with Crippen molar-refractivity contribution in [3.63, 3.8) is 0 Å². The molecule has 0 amide bonds. The molecule has 0 aliphatic heterocycles. The summed E-state index contributed by atoms with van der Waals surface area (Å²) in [5.41, 5.74) is 0. The van der Waals surface area contributed by atoms with Gasteiger partial charge in [0.05, 0.1) is 0 Å². The average Bonchev–Trinajstić information content (AvgIpc) is 2.51. The molecule has 0 bridgehead atoms. The van der Waals surface area contributed by atoms with E-state index in [1.165, 1.54) is 13.2 Å². The molecule has 0 atom stereocenters. The minimum atomic E-state index is -1.63. The van der Waals surface area contributed by atoms with Crippen LogP contribution < -0.4 is 13.2 Å². The van der Waals surface area contributed by atoms with Gasteiger partial charge in [-0.1, -0.05) is 0 Å². The maximum atomic E-state index is 2.27. The van der Waals surface area contributed by atoms with E-state index in [9.17, 15) is 0 Å². The molecular formula is C18H16GeI. The molecule has 0 N–H and O–H groups in total. The zero-order chi connectivity index (χ0) is 12.9. The summed E-state index contributed by atoms with van der Waals surface area (Å²) in [5, 5.41) is 0. The van der Waals surface area contributed by atoms with E-state index >= 15 is 0 Å². The molecule has 3 aromatic carbocycles. The van der Waals surface area contributed by atoms with Gasteiger partial charge in [-0.05, 0) is 0 Å². The van der Waals surface area contributed by atoms with Gasteiger partial charge in [0.2, 0.25) is 0 Å². The molecule has 0 aliphatic carbocycles. The van der Waals surface area contributed by atoms with Crippen LogP contribution in [0.3, 0.4) is 0 Å². The quantitative estimate of drug-likeness (QED) is 0.442. The van der Waals surface area contributed by atoms with Gasteiger partial charge in [0.1, 0.15) is 0 Å². The van der Waals surface area contributed by atoms with Gasteiger partial charge in [0.15, 0.2) is 0 Å². The first-order valence-electron chi connectivity index (χ1n) is 6.48. The predicted molar refractivity (Wildman–Crippen MR) is 99.4 cm³/mol. The first-order valence-corrected chi connectivity index (χ1v) is 9.63. The van der Waals surface area contributed by atoms with Gasteiger partial charge in [0, 0.05) is 0 Å². The Hall–Kier alpha value is -1.07. The van der Waals surface area contributed by atoms with E-state index in [1.807, 2.05) is 0 Å². The van der Waals surface area contributed by atoms with E-state index in [0.29, 0.717) is 0 Å². The van der Waals surface area contributed by atoms with Crippen molar-refractivity contribution >= 4 is 51.5 Å². The Kier molecular flexibility index (Phi) is 5.86. The molecule has 20 heavy (non-hydrogen) atoms. The van der Waals surface area contributed by atoms with Gasteiger partial charge in [-0.15, -0.1) is 24.0 Å². The molecule has 0 fully saturated rings. The van der Waals surface area contributed by atoms with Gasteiger partial charge in [-0.2, -0.15) is 0 Å². The van der Waals surface area contributed by atoms with Crippen LogP contribution in [0.15, 0.2) is 91.0 Å². The molecular weight excluding hydrogens is 416 g/mol. The van der Waals surface area contributed by atoms with E-state index < -0.39 is 14.3 Å². The summed E-state index contributed by atoms with van der Waals surface area (Å²) in [6, 6.07) is 32.8. The summed E-state index contributed by atoms with van der Waals surface area (Å²) in [5.74, 6) is 0. The van der Waals surface area contributed by atoms with Crippen molar-refractivity contribution in [1.82, 2.24) is 0 Å². The van der Waals surface area contributed by atoms with Crippen LogP contribution in [0, 0.1) is 0 Å². The topological polar surface area (TPSA) is 0 Å². The Bertz CT molecular complexity index is 529. The molecule has 3 aromatic rings. The monoisotopic (exact) mass is 433 g/mol. The van der Waals surface area contributed by atoms with Crippen LogP contribution in [0.5, 0.6) is 0 Å². The molecule has 0 saturated heterocycles. The SMILES string of the molecule is I.c1cc[c]([Ge]([c]2ccccc2)[c]2ccccc2)cc1. The molecule has 3 rings (SSSR count). The summed E-state index contributed by atoms with van der Waals surface area (Å²) in [7, 11) is 0. The van der Waals surface area contributed by atoms with E-state index in [1.54, 1.807) is 0 Å². The normalized spacial score (nSPS) is 10.1. The summed E-state index contributed by atoms with van der Waals surface area (Å²) < 4.78 is 4.50. The van der Waals surface area contributed by atoms with E-state index in [4.69, 9.17) is 0 Å². The van der Waals surface area contributed by atoms with Gasteiger partial charge in [-0.3, -0.25) is 0 Å². The Morgan fingerprint density at radius 3 is 0.900 bits per heavy atom. The molecule has 0 aromatic heterocycles. The van der Waals surface area contributed by atoms with Crippen molar-refractivity contribution in [1.29, 1.82) is 0 Å². The minimum absolute atomic E-state index is 0. The first-order chi connectivity index (χ1) is 9.45. The van der Waals surface area contributed by atoms with Crippen LogP contribution in [-0.4, -0.2) is 14.3 Å². The van der Waals surface area contributed by atoms with Crippen LogP contribution >= 0.6 is 24.0 Å². The van der Waals surface area contributed by atoms with Crippen molar-refractivity contribution in [2.24, 2.45) is 0 Å². The number of hydrogen-bond acceptors (Lipinski definition) is 0. The molecule has 1 radical (unpaired) electrons. The summed E-state index contributed by atoms with van der Waals surface area (Å²) in [6.45, 7) is 0. The molecule has 0 heterocycles. The van der Waals surface area contributed by atoms with E-state index in [0.717, 1.165) is 0 Å². The zero-order valence-corrected chi connectivity index (χ0v) is 15.5. The second-order valence-electron chi connectivity index (χ2n) is 4.47. The first kappa shape index (κ1) is 15.3. The van der Waals surface area contributed by atoms with Gasteiger partial charge in [0.25, 0.3) is 0 Å². The van der Waals surface area contributed by atoms with Crippen LogP contribution in [0.4, 0.5) is 0 Å². The van der Waals surface area contributed by atoms with Crippen LogP contribution in [0.25, 0.3) is 0 Å². The second-order valence-corrected chi connectivity index (χ2v) is 9.68. The summed E-state index contributed by atoms with van der Waals surface area (Å²) in [6.07, 6.45) is 0. The molecule has 99 valence electrons. The molecule has 0 saturated carbocycles. The zero-order valence-electron chi connectivity index (χ0n) is 11.1. The van der Waals surface area contributed by atoms with Crippen molar-refractivity contribution in [2.45, 2.75) is 0 Å². The van der Waals surface area contributed by atoms with Gasteiger partial charge in [-0.25, -0.2) is 0 Å². The Balaban J connectivity index is 0.00000147. The van der Waals surface area contributed by atoms with Gasteiger partial charge < -0.3 is 0 Å². The molecule has 0 spiro atoms. The van der Waals surface area contributed by atoms with Crippen molar-refractivity contribution in [2.75, 3.05) is 0 Å². The van der Waals surface area contributed by atoms with Crippen molar-refractivity contribution in [3.8, 4) is 0 Å². The fraction of sp³-hybridized carbons (Fsp3) is 0. The maximum absolute atomic E-state index is 2.27. The van der Waals surface area contributed by atoms with Gasteiger partial charge >= 0.3 is 119 Å². The molecule has 2 heteroatoms. The molecule has 0 unspecified atom stereocenters. The number of benzene rings is 3. The molecule has 0 nitrogen and oxygen atoms in total. The molecule has 0 aliphatic rings. The van der Waals surface area contributed by atoms with Crippen LogP contribution in [-0.2, 0) is 0 Å². The van der Waals surface area contributed by atoms with E-state index in [2.05, 4.69) is 91.0 Å².